The van der Waals surface area contributed by atoms with Crippen LogP contribution in [-0.2, 0) is 6.42 Å². The summed E-state index contributed by atoms with van der Waals surface area (Å²) in [6.07, 6.45) is 0.723. The minimum atomic E-state index is -0.110. The van der Waals surface area contributed by atoms with E-state index in [1.807, 2.05) is 49.4 Å². The Balaban J connectivity index is 2.18. The smallest absolute Gasteiger partial charge is 0.122 e. The van der Waals surface area contributed by atoms with Crippen LogP contribution in [0.5, 0.6) is 5.75 Å². The largest absolute Gasteiger partial charge is 0.496 e. The molecule has 2 rings (SSSR count). The van der Waals surface area contributed by atoms with Gasteiger partial charge >= 0.3 is 0 Å². The lowest BCUT2D eigenvalue weighted by molar-refractivity contribution is 0.408. The molecule has 0 spiro atoms. The van der Waals surface area contributed by atoms with Crippen LogP contribution in [0.25, 0.3) is 0 Å². The number of rotatable bonds is 4. The second-order valence-corrected chi connectivity index (χ2v) is 4.33. The summed E-state index contributed by atoms with van der Waals surface area (Å²) >= 11 is 0. The van der Waals surface area contributed by atoms with E-state index in [0.717, 1.165) is 29.1 Å². The molecule has 3 heteroatoms. The molecule has 0 amide bonds. The number of aryl methyl sites for hydroxylation is 1. The molecule has 3 nitrogen and oxygen atoms in total. The lowest BCUT2D eigenvalue weighted by atomic mass is 10.0. The maximum atomic E-state index is 6.20. The summed E-state index contributed by atoms with van der Waals surface area (Å²) < 4.78 is 5.33. The second kappa shape index (κ2) is 5.65. The Morgan fingerprint density at radius 1 is 1.17 bits per heavy atom. The van der Waals surface area contributed by atoms with Crippen molar-refractivity contribution in [1.29, 1.82) is 0 Å². The fraction of sp³-hybridized carbons (Fsp3) is 0.267. The van der Waals surface area contributed by atoms with Gasteiger partial charge in [-0.15, -0.1) is 0 Å². The molecule has 0 aliphatic rings. The van der Waals surface area contributed by atoms with Gasteiger partial charge in [0.25, 0.3) is 0 Å². The summed E-state index contributed by atoms with van der Waals surface area (Å²) in [5.74, 6) is 0.876. The standard InChI is InChI=1S/C15H18N2O/c1-11-6-5-8-14(17-11)13(16)10-12-7-3-4-9-15(12)18-2/h3-9,13H,10,16H2,1-2H3. The molecule has 0 bridgehead atoms. The minimum absolute atomic E-state index is 0.110. The summed E-state index contributed by atoms with van der Waals surface area (Å²) in [4.78, 5) is 4.46. The Labute approximate surface area is 108 Å². The van der Waals surface area contributed by atoms with E-state index in [-0.39, 0.29) is 6.04 Å². The molecule has 1 unspecified atom stereocenters. The van der Waals surface area contributed by atoms with E-state index < -0.39 is 0 Å². The van der Waals surface area contributed by atoms with E-state index in [9.17, 15) is 0 Å². The van der Waals surface area contributed by atoms with Gasteiger partial charge in [-0.1, -0.05) is 24.3 Å². The van der Waals surface area contributed by atoms with Crippen LogP contribution in [0.1, 0.15) is 23.0 Å². The molecule has 1 heterocycles. The molecule has 1 atom stereocenters. The van der Waals surface area contributed by atoms with Crippen molar-refractivity contribution in [1.82, 2.24) is 4.98 Å². The lowest BCUT2D eigenvalue weighted by Gasteiger charge is -2.14. The monoisotopic (exact) mass is 242 g/mol. The van der Waals surface area contributed by atoms with Gasteiger partial charge in [0.05, 0.1) is 18.8 Å². The average Bonchev–Trinajstić information content (AvgIpc) is 2.39. The van der Waals surface area contributed by atoms with E-state index in [2.05, 4.69) is 4.98 Å². The summed E-state index contributed by atoms with van der Waals surface area (Å²) in [7, 11) is 1.68. The zero-order valence-electron chi connectivity index (χ0n) is 10.8. The Hall–Kier alpha value is -1.87. The van der Waals surface area contributed by atoms with Crippen molar-refractivity contribution >= 4 is 0 Å². The zero-order chi connectivity index (χ0) is 13.0. The number of hydrogen-bond donors (Lipinski definition) is 1. The molecule has 1 aromatic carbocycles. The van der Waals surface area contributed by atoms with Crippen LogP contribution >= 0.6 is 0 Å². The molecule has 2 N–H and O–H groups in total. The van der Waals surface area contributed by atoms with Gasteiger partial charge < -0.3 is 10.5 Å². The van der Waals surface area contributed by atoms with Gasteiger partial charge in [-0.3, -0.25) is 4.98 Å². The van der Waals surface area contributed by atoms with Crippen LogP contribution in [0.4, 0.5) is 0 Å². The molecule has 0 fully saturated rings. The number of pyridine rings is 1. The van der Waals surface area contributed by atoms with E-state index >= 15 is 0 Å². The fourth-order valence-electron chi connectivity index (χ4n) is 1.98. The third-order valence-corrected chi connectivity index (χ3v) is 2.92. The number of hydrogen-bond acceptors (Lipinski definition) is 3. The van der Waals surface area contributed by atoms with Gasteiger partial charge in [-0.05, 0) is 37.1 Å². The first kappa shape index (κ1) is 12.6. The molecule has 0 radical (unpaired) electrons. The van der Waals surface area contributed by atoms with Crippen molar-refractivity contribution in [2.75, 3.05) is 7.11 Å². The maximum Gasteiger partial charge on any atom is 0.122 e. The predicted octanol–water partition coefficient (Wildman–Crippen LogP) is 2.64. The Morgan fingerprint density at radius 3 is 2.67 bits per heavy atom. The second-order valence-electron chi connectivity index (χ2n) is 4.33. The van der Waals surface area contributed by atoms with Crippen molar-refractivity contribution in [3.8, 4) is 5.75 Å². The number of aromatic nitrogens is 1. The highest BCUT2D eigenvalue weighted by atomic mass is 16.5. The number of nitrogens with two attached hydrogens (primary N) is 1. The third-order valence-electron chi connectivity index (χ3n) is 2.92. The first-order valence-corrected chi connectivity index (χ1v) is 6.01. The molecule has 0 aliphatic heterocycles. The van der Waals surface area contributed by atoms with Gasteiger partial charge in [-0.2, -0.15) is 0 Å². The van der Waals surface area contributed by atoms with Crippen molar-refractivity contribution in [3.05, 3.63) is 59.4 Å². The van der Waals surface area contributed by atoms with Gasteiger partial charge in [0.2, 0.25) is 0 Å². The molecule has 0 saturated carbocycles. The number of nitrogens with zero attached hydrogens (tertiary/aromatic N) is 1. The SMILES string of the molecule is COc1ccccc1CC(N)c1cccc(C)n1. The number of benzene rings is 1. The Bertz CT molecular complexity index is 525. The van der Waals surface area contributed by atoms with Crippen molar-refractivity contribution in [2.45, 2.75) is 19.4 Å². The lowest BCUT2D eigenvalue weighted by Crippen LogP contribution is -2.15. The third kappa shape index (κ3) is 2.87. The normalized spacial score (nSPS) is 12.2. The summed E-state index contributed by atoms with van der Waals surface area (Å²) in [6, 6.07) is 13.8. The van der Waals surface area contributed by atoms with Crippen LogP contribution in [0.15, 0.2) is 42.5 Å². The van der Waals surface area contributed by atoms with Crippen molar-refractivity contribution < 1.29 is 4.74 Å². The number of para-hydroxylation sites is 1. The Kier molecular flexibility index (Phi) is 3.95. The fourth-order valence-corrected chi connectivity index (χ4v) is 1.98. The molecule has 2 aromatic rings. The minimum Gasteiger partial charge on any atom is -0.496 e. The van der Waals surface area contributed by atoms with Crippen LogP contribution < -0.4 is 10.5 Å². The molecule has 0 aliphatic carbocycles. The highest BCUT2D eigenvalue weighted by Crippen LogP contribution is 2.22. The van der Waals surface area contributed by atoms with Gasteiger partial charge in [-0.25, -0.2) is 0 Å². The van der Waals surface area contributed by atoms with Crippen molar-refractivity contribution in [3.63, 3.8) is 0 Å². The van der Waals surface area contributed by atoms with E-state index in [1.165, 1.54) is 0 Å². The van der Waals surface area contributed by atoms with Gasteiger partial charge in [0.1, 0.15) is 5.75 Å². The van der Waals surface area contributed by atoms with Gasteiger partial charge in [0.15, 0.2) is 0 Å². The van der Waals surface area contributed by atoms with Crippen LogP contribution in [0.3, 0.4) is 0 Å². The predicted molar refractivity (Wildman–Crippen MR) is 72.6 cm³/mol. The first-order chi connectivity index (χ1) is 8.70. The molecule has 18 heavy (non-hydrogen) atoms. The summed E-state index contributed by atoms with van der Waals surface area (Å²) in [5.41, 5.74) is 9.22. The molecule has 1 aromatic heterocycles. The molecular weight excluding hydrogens is 224 g/mol. The van der Waals surface area contributed by atoms with Gasteiger partial charge in [0, 0.05) is 5.69 Å². The van der Waals surface area contributed by atoms with E-state index in [0.29, 0.717) is 0 Å². The van der Waals surface area contributed by atoms with Crippen LogP contribution in [0.2, 0.25) is 0 Å². The highest BCUT2D eigenvalue weighted by Gasteiger charge is 2.11. The quantitative estimate of drug-likeness (QED) is 0.896. The Morgan fingerprint density at radius 2 is 1.94 bits per heavy atom. The van der Waals surface area contributed by atoms with Crippen LogP contribution in [0, 0.1) is 6.92 Å². The summed E-state index contributed by atoms with van der Waals surface area (Å²) in [5, 5.41) is 0. The highest BCUT2D eigenvalue weighted by molar-refractivity contribution is 5.34. The zero-order valence-corrected chi connectivity index (χ0v) is 10.8. The molecular formula is C15H18N2O. The average molecular weight is 242 g/mol. The molecule has 0 saturated heterocycles. The first-order valence-electron chi connectivity index (χ1n) is 6.01. The van der Waals surface area contributed by atoms with Crippen LogP contribution in [-0.4, -0.2) is 12.1 Å². The summed E-state index contributed by atoms with van der Waals surface area (Å²) in [6.45, 7) is 1.97. The number of ether oxygens (including phenoxy) is 1. The van der Waals surface area contributed by atoms with E-state index in [4.69, 9.17) is 10.5 Å². The maximum absolute atomic E-state index is 6.20. The topological polar surface area (TPSA) is 48.1 Å². The van der Waals surface area contributed by atoms with Crippen molar-refractivity contribution in [2.24, 2.45) is 5.73 Å². The molecule has 94 valence electrons. The van der Waals surface area contributed by atoms with E-state index in [1.54, 1.807) is 7.11 Å². The number of methoxy groups -OCH3 is 1.